The van der Waals surface area contributed by atoms with Gasteiger partial charge in [-0.15, -0.1) is 0 Å². The SMILES string of the molecule is Cc1cc(=O)[nH]c(S(=O)(=O)NC(=S)Nc2ccc(Br)cc2)n1. The van der Waals surface area contributed by atoms with Crippen molar-refractivity contribution >= 4 is 49.0 Å². The van der Waals surface area contributed by atoms with Crippen molar-refractivity contribution in [2.45, 2.75) is 12.1 Å². The molecule has 0 atom stereocenters. The van der Waals surface area contributed by atoms with E-state index in [-0.39, 0.29) is 10.8 Å². The Bertz CT molecular complexity index is 863. The Labute approximate surface area is 140 Å². The Hall–Kier alpha value is -1.78. The number of nitrogens with zero attached hydrogens (tertiary/aromatic N) is 1. The molecule has 2 rings (SSSR count). The highest BCUT2D eigenvalue weighted by atomic mass is 79.9. The standard InChI is InChI=1S/C12H11BrN4O3S2/c1-7-6-10(18)16-12(14-7)22(19,20)17-11(21)15-9-4-2-8(13)3-5-9/h2-6H,1H3,(H,14,16,18)(H2,15,17,21). The topological polar surface area (TPSA) is 104 Å². The highest BCUT2D eigenvalue weighted by Crippen LogP contribution is 2.14. The number of hydrogen-bond donors (Lipinski definition) is 3. The molecule has 0 amide bonds. The van der Waals surface area contributed by atoms with Gasteiger partial charge in [-0.2, -0.15) is 8.42 Å². The summed E-state index contributed by atoms with van der Waals surface area (Å²) in [5.41, 5.74) is 0.345. The van der Waals surface area contributed by atoms with Gasteiger partial charge >= 0.3 is 0 Å². The molecule has 2 aromatic rings. The Morgan fingerprint density at radius 1 is 1.32 bits per heavy atom. The number of aromatic amines is 1. The second-order valence-corrected chi connectivity index (χ2v) is 7.18. The number of sulfonamides is 1. The molecule has 0 fully saturated rings. The zero-order valence-corrected chi connectivity index (χ0v) is 14.5. The van der Waals surface area contributed by atoms with Crippen molar-refractivity contribution in [2.75, 3.05) is 5.32 Å². The third kappa shape index (κ3) is 4.36. The second kappa shape index (κ2) is 6.55. The Morgan fingerprint density at radius 2 is 1.95 bits per heavy atom. The fourth-order valence-electron chi connectivity index (χ4n) is 1.54. The average Bonchev–Trinajstić information content (AvgIpc) is 2.39. The smallest absolute Gasteiger partial charge is 0.297 e. The monoisotopic (exact) mass is 402 g/mol. The maximum Gasteiger partial charge on any atom is 0.297 e. The number of aryl methyl sites for hydroxylation is 1. The first kappa shape index (κ1) is 16.6. The highest BCUT2D eigenvalue weighted by molar-refractivity contribution is 9.10. The lowest BCUT2D eigenvalue weighted by molar-refractivity contribution is 0.582. The number of nitrogens with one attached hydrogen (secondary N) is 3. The summed E-state index contributed by atoms with van der Waals surface area (Å²) in [6, 6.07) is 8.18. The van der Waals surface area contributed by atoms with Crippen LogP contribution in [0.5, 0.6) is 0 Å². The van der Waals surface area contributed by atoms with Crippen LogP contribution in [0.15, 0.2) is 44.8 Å². The highest BCUT2D eigenvalue weighted by Gasteiger charge is 2.19. The molecule has 1 heterocycles. The molecular formula is C12H11BrN4O3S2. The predicted molar refractivity (Wildman–Crippen MR) is 90.3 cm³/mol. The van der Waals surface area contributed by atoms with Crippen molar-refractivity contribution < 1.29 is 8.42 Å². The van der Waals surface area contributed by atoms with Gasteiger partial charge in [0.2, 0.25) is 5.16 Å². The molecule has 0 radical (unpaired) electrons. The summed E-state index contributed by atoms with van der Waals surface area (Å²) in [5.74, 6) is 0. The van der Waals surface area contributed by atoms with Gasteiger partial charge in [0.1, 0.15) is 0 Å². The first-order valence-electron chi connectivity index (χ1n) is 5.93. The van der Waals surface area contributed by atoms with E-state index in [2.05, 4.69) is 35.9 Å². The van der Waals surface area contributed by atoms with Gasteiger partial charge < -0.3 is 5.32 Å². The van der Waals surface area contributed by atoms with Crippen molar-refractivity contribution in [2.24, 2.45) is 0 Å². The van der Waals surface area contributed by atoms with Crippen LogP contribution in [0.2, 0.25) is 0 Å². The van der Waals surface area contributed by atoms with E-state index < -0.39 is 20.7 Å². The van der Waals surface area contributed by atoms with Gasteiger partial charge in [0.15, 0.2) is 5.11 Å². The Kier molecular flexibility index (Phi) is 4.94. The molecule has 116 valence electrons. The predicted octanol–water partition coefficient (Wildman–Crippen LogP) is 1.52. The molecule has 3 N–H and O–H groups in total. The summed E-state index contributed by atoms with van der Waals surface area (Å²) in [6.07, 6.45) is 0. The summed E-state index contributed by atoms with van der Waals surface area (Å²) >= 11 is 8.24. The van der Waals surface area contributed by atoms with Crippen LogP contribution < -0.4 is 15.6 Å². The van der Waals surface area contributed by atoms with Crippen molar-refractivity contribution in [3.63, 3.8) is 0 Å². The molecule has 7 nitrogen and oxygen atoms in total. The third-order valence-corrected chi connectivity index (χ3v) is 4.47. The number of hydrogen-bond acceptors (Lipinski definition) is 5. The largest absolute Gasteiger partial charge is 0.332 e. The van der Waals surface area contributed by atoms with Gasteiger partial charge in [0.25, 0.3) is 15.6 Å². The van der Waals surface area contributed by atoms with Gasteiger partial charge in [0.05, 0.1) is 0 Å². The maximum atomic E-state index is 12.1. The Balaban J connectivity index is 2.16. The van der Waals surface area contributed by atoms with Gasteiger partial charge in [-0.05, 0) is 43.4 Å². The summed E-state index contributed by atoms with van der Waals surface area (Å²) in [4.78, 5) is 17.3. The summed E-state index contributed by atoms with van der Waals surface area (Å²) in [6.45, 7) is 1.52. The van der Waals surface area contributed by atoms with E-state index in [9.17, 15) is 13.2 Å². The minimum atomic E-state index is -4.06. The first-order chi connectivity index (χ1) is 10.3. The van der Waals surface area contributed by atoms with Crippen LogP contribution in [0.3, 0.4) is 0 Å². The molecule has 0 aliphatic rings. The molecule has 0 aliphatic carbocycles. The quantitative estimate of drug-likeness (QED) is 0.530. The molecular weight excluding hydrogens is 392 g/mol. The Morgan fingerprint density at radius 3 is 2.55 bits per heavy atom. The number of benzene rings is 1. The van der Waals surface area contributed by atoms with Crippen molar-refractivity contribution in [1.82, 2.24) is 14.7 Å². The van der Waals surface area contributed by atoms with Gasteiger partial charge in [-0.25, -0.2) is 4.98 Å². The average molecular weight is 403 g/mol. The maximum absolute atomic E-state index is 12.1. The number of aromatic nitrogens is 2. The van der Waals surface area contributed by atoms with Crippen LogP contribution in [0.1, 0.15) is 5.69 Å². The number of anilines is 1. The molecule has 0 aliphatic heterocycles. The van der Waals surface area contributed by atoms with E-state index in [4.69, 9.17) is 12.2 Å². The van der Waals surface area contributed by atoms with Crippen LogP contribution in [0.4, 0.5) is 5.69 Å². The molecule has 0 saturated heterocycles. The van der Waals surface area contributed by atoms with Crippen LogP contribution in [0.25, 0.3) is 0 Å². The fourth-order valence-corrected chi connectivity index (χ4v) is 3.14. The van der Waals surface area contributed by atoms with Gasteiger partial charge in [-0.1, -0.05) is 15.9 Å². The molecule has 10 heteroatoms. The van der Waals surface area contributed by atoms with Crippen LogP contribution in [-0.2, 0) is 10.0 Å². The molecule has 0 bridgehead atoms. The summed E-state index contributed by atoms with van der Waals surface area (Å²) in [7, 11) is -4.06. The van der Waals surface area contributed by atoms with E-state index in [1.807, 2.05) is 0 Å². The normalized spacial score (nSPS) is 11.0. The molecule has 22 heavy (non-hydrogen) atoms. The van der Waals surface area contributed by atoms with Crippen LogP contribution in [-0.4, -0.2) is 23.5 Å². The van der Waals surface area contributed by atoms with E-state index in [0.717, 1.165) is 4.47 Å². The fraction of sp³-hybridized carbons (Fsp3) is 0.0833. The van der Waals surface area contributed by atoms with Gasteiger partial charge in [0, 0.05) is 21.9 Å². The molecule has 1 aromatic heterocycles. The van der Waals surface area contributed by atoms with Gasteiger partial charge in [-0.3, -0.25) is 14.5 Å². The lowest BCUT2D eigenvalue weighted by atomic mass is 10.3. The van der Waals surface area contributed by atoms with Crippen LogP contribution >= 0.6 is 28.1 Å². The van der Waals surface area contributed by atoms with E-state index in [0.29, 0.717) is 5.69 Å². The number of halogens is 1. The minimum Gasteiger partial charge on any atom is -0.332 e. The molecule has 0 spiro atoms. The lowest BCUT2D eigenvalue weighted by Crippen LogP contribution is -2.36. The summed E-state index contributed by atoms with van der Waals surface area (Å²) in [5, 5.41) is 2.10. The van der Waals surface area contributed by atoms with E-state index in [1.54, 1.807) is 24.3 Å². The third-order valence-electron chi connectivity index (χ3n) is 2.43. The molecule has 0 unspecified atom stereocenters. The zero-order chi connectivity index (χ0) is 16.3. The zero-order valence-electron chi connectivity index (χ0n) is 11.3. The lowest BCUT2D eigenvalue weighted by Gasteiger charge is -2.10. The minimum absolute atomic E-state index is 0.133. The van der Waals surface area contributed by atoms with E-state index >= 15 is 0 Å². The van der Waals surface area contributed by atoms with E-state index in [1.165, 1.54) is 13.0 Å². The van der Waals surface area contributed by atoms with Crippen molar-refractivity contribution in [3.8, 4) is 0 Å². The molecule has 0 saturated carbocycles. The van der Waals surface area contributed by atoms with Crippen molar-refractivity contribution in [1.29, 1.82) is 0 Å². The number of thiocarbonyl (C=S) groups is 1. The molecule has 1 aromatic carbocycles. The van der Waals surface area contributed by atoms with Crippen LogP contribution in [0, 0.1) is 6.92 Å². The second-order valence-electron chi connectivity index (χ2n) is 4.26. The first-order valence-corrected chi connectivity index (χ1v) is 8.62. The van der Waals surface area contributed by atoms with Crippen molar-refractivity contribution in [3.05, 3.63) is 50.9 Å². The number of rotatable bonds is 3. The number of H-pyrrole nitrogens is 1. The summed E-state index contributed by atoms with van der Waals surface area (Å²) < 4.78 is 27.2.